The largest absolute Gasteiger partial charge is 0.508 e. The summed E-state index contributed by atoms with van der Waals surface area (Å²) in [5.41, 5.74) is 3.38. The Balaban J connectivity index is 1.95. The second kappa shape index (κ2) is 9.00. The molecule has 0 aliphatic heterocycles. The molecule has 4 atom stereocenters. The fourth-order valence-electron chi connectivity index (χ4n) is 6.12. The number of primary amides is 1. The molecule has 3 aliphatic carbocycles. The number of rotatable bonds is 5. The Kier molecular flexibility index (Phi) is 6.41. The van der Waals surface area contributed by atoms with E-state index in [0.29, 0.717) is 17.5 Å². The average Bonchev–Trinajstić information content (AvgIpc) is 2.80. The van der Waals surface area contributed by atoms with Gasteiger partial charge in [-0.3, -0.25) is 24.1 Å². The lowest BCUT2D eigenvalue weighted by Gasteiger charge is -2.50. The molecule has 0 aromatic heterocycles. The van der Waals surface area contributed by atoms with Crippen molar-refractivity contribution in [2.24, 2.45) is 17.6 Å². The van der Waals surface area contributed by atoms with Crippen LogP contribution in [0.3, 0.4) is 0 Å². The third kappa shape index (κ3) is 3.72. The fraction of sp³-hybridized carbons (Fsp3) is 0.462. The number of amides is 2. The monoisotopic (exact) mass is 513 g/mol. The predicted octanol–water partition coefficient (Wildman–Crippen LogP) is 0.163. The van der Waals surface area contributed by atoms with Crippen LogP contribution < -0.4 is 11.1 Å². The first-order valence-corrected chi connectivity index (χ1v) is 12.0. The number of aryl methyl sites for hydroxylation is 1. The molecular weight excluding hydrogens is 482 g/mol. The third-order valence-corrected chi connectivity index (χ3v) is 7.80. The van der Waals surface area contributed by atoms with E-state index in [1.54, 1.807) is 20.2 Å². The number of likely N-dealkylation sites (N-methyl/N-ethyl adjacent to an activating group) is 1. The number of phenols is 1. The lowest BCUT2D eigenvalue weighted by molar-refractivity contribution is -0.153. The van der Waals surface area contributed by atoms with Gasteiger partial charge >= 0.3 is 0 Å². The van der Waals surface area contributed by atoms with Gasteiger partial charge in [0.05, 0.1) is 11.6 Å². The van der Waals surface area contributed by atoms with Crippen LogP contribution in [0.5, 0.6) is 5.75 Å². The number of nitrogens with zero attached hydrogens (tertiary/aromatic N) is 1. The summed E-state index contributed by atoms with van der Waals surface area (Å²) >= 11 is 0. The zero-order chi connectivity index (χ0) is 27.6. The van der Waals surface area contributed by atoms with Gasteiger partial charge in [-0.1, -0.05) is 13.0 Å². The average molecular weight is 514 g/mol. The zero-order valence-electron chi connectivity index (χ0n) is 21.1. The van der Waals surface area contributed by atoms with E-state index in [1.165, 1.54) is 11.8 Å². The van der Waals surface area contributed by atoms with E-state index >= 15 is 0 Å². The summed E-state index contributed by atoms with van der Waals surface area (Å²) in [5, 5.41) is 47.5. The third-order valence-electron chi connectivity index (χ3n) is 7.80. The molecule has 1 aromatic carbocycles. The molecule has 1 saturated carbocycles. The van der Waals surface area contributed by atoms with Crippen LogP contribution in [0, 0.1) is 11.8 Å². The van der Waals surface area contributed by atoms with Crippen LogP contribution in [-0.4, -0.2) is 74.4 Å². The van der Waals surface area contributed by atoms with Gasteiger partial charge in [-0.25, -0.2) is 0 Å². The number of aromatic hydroxyl groups is 1. The molecule has 0 saturated heterocycles. The minimum Gasteiger partial charge on any atom is -0.508 e. The summed E-state index contributed by atoms with van der Waals surface area (Å²) in [5.74, 6) is -7.18. The first-order valence-electron chi connectivity index (χ1n) is 12.0. The molecule has 0 unspecified atom stereocenters. The Bertz CT molecular complexity index is 1310. The zero-order valence-corrected chi connectivity index (χ0v) is 21.1. The van der Waals surface area contributed by atoms with Gasteiger partial charge in [0.25, 0.3) is 5.91 Å². The molecule has 11 nitrogen and oxygen atoms in total. The van der Waals surface area contributed by atoms with Gasteiger partial charge in [0.2, 0.25) is 11.7 Å². The van der Waals surface area contributed by atoms with Crippen LogP contribution in [0.4, 0.5) is 0 Å². The smallest absolute Gasteiger partial charge is 0.255 e. The van der Waals surface area contributed by atoms with Crippen LogP contribution >= 0.6 is 0 Å². The number of Topliss-reactive ketones (excluding diaryl/α,β-unsaturated/α-hetero) is 2. The molecule has 4 rings (SSSR count). The molecule has 2 amide bonds. The van der Waals surface area contributed by atoms with Gasteiger partial charge in [0, 0.05) is 30.5 Å². The highest BCUT2D eigenvalue weighted by molar-refractivity contribution is 6.24. The van der Waals surface area contributed by atoms with Crippen LogP contribution in [0.15, 0.2) is 23.0 Å². The molecule has 0 bridgehead atoms. The number of fused-ring (bicyclic) bond motifs is 3. The number of benzene rings is 1. The van der Waals surface area contributed by atoms with Gasteiger partial charge in [-0.15, -0.1) is 0 Å². The number of hydrogen-bond donors (Lipinski definition) is 6. The Morgan fingerprint density at radius 3 is 2.38 bits per heavy atom. The summed E-state index contributed by atoms with van der Waals surface area (Å²) in [6.45, 7) is 3.21. The van der Waals surface area contributed by atoms with Crippen molar-refractivity contribution < 1.29 is 39.6 Å². The Labute approximate surface area is 213 Å². The minimum atomic E-state index is -2.68. The number of carbonyl (C=O) groups excluding carboxylic acids is 4. The highest BCUT2D eigenvalue weighted by atomic mass is 16.3. The normalized spacial score (nSPS) is 27.1. The van der Waals surface area contributed by atoms with E-state index in [1.807, 2.05) is 6.92 Å². The SMILES string of the molecule is CCc1cc(CNC(C)=O)c(O)c2c1C[C@@H]1C[C@@H]3[C@@H](N(C)C)C(=O)C(C(N)=O)=C(O)[C@]3(O)C(=O)C1=C2O. The highest BCUT2D eigenvalue weighted by Crippen LogP contribution is 2.53. The molecule has 7 N–H and O–H groups in total. The second-order valence-electron chi connectivity index (χ2n) is 10.1. The first kappa shape index (κ1) is 26.4. The molecular formula is C26H31N3O8. The molecule has 3 aliphatic rings. The summed E-state index contributed by atoms with van der Waals surface area (Å²) in [4.78, 5) is 51.9. The maximum Gasteiger partial charge on any atom is 0.255 e. The van der Waals surface area contributed by atoms with Crippen LogP contribution in [0.25, 0.3) is 5.76 Å². The molecule has 1 fully saturated rings. The number of carbonyl (C=O) groups is 4. The Morgan fingerprint density at radius 1 is 1.19 bits per heavy atom. The number of nitrogens with two attached hydrogens (primary N) is 1. The van der Waals surface area contributed by atoms with Gasteiger partial charge in [-0.05, 0) is 50.4 Å². The van der Waals surface area contributed by atoms with Crippen molar-refractivity contribution >= 4 is 29.1 Å². The predicted molar refractivity (Wildman–Crippen MR) is 131 cm³/mol. The maximum absolute atomic E-state index is 13.9. The fourth-order valence-corrected chi connectivity index (χ4v) is 6.12. The molecule has 1 aromatic rings. The van der Waals surface area contributed by atoms with E-state index in [4.69, 9.17) is 5.73 Å². The molecule has 37 heavy (non-hydrogen) atoms. The van der Waals surface area contributed by atoms with E-state index in [2.05, 4.69) is 5.32 Å². The van der Waals surface area contributed by atoms with Crippen molar-refractivity contribution in [1.29, 1.82) is 0 Å². The molecule has 0 spiro atoms. The molecule has 11 heteroatoms. The van der Waals surface area contributed by atoms with Crippen molar-refractivity contribution in [1.82, 2.24) is 10.2 Å². The molecule has 0 radical (unpaired) electrons. The summed E-state index contributed by atoms with van der Waals surface area (Å²) in [6.07, 6.45) is 0.797. The summed E-state index contributed by atoms with van der Waals surface area (Å²) in [7, 11) is 3.11. The lowest BCUT2D eigenvalue weighted by atomic mass is 9.57. The number of hydrogen-bond acceptors (Lipinski definition) is 9. The second-order valence-corrected chi connectivity index (χ2v) is 10.1. The Morgan fingerprint density at radius 2 is 1.84 bits per heavy atom. The number of ketones is 2. The van der Waals surface area contributed by atoms with Crippen molar-refractivity contribution in [3.63, 3.8) is 0 Å². The Hall–Kier alpha value is -3.70. The van der Waals surface area contributed by atoms with Crippen molar-refractivity contribution in [2.75, 3.05) is 14.1 Å². The number of nitrogens with one attached hydrogen (secondary N) is 1. The quantitative estimate of drug-likeness (QED) is 0.298. The molecule has 0 heterocycles. The van der Waals surface area contributed by atoms with E-state index in [-0.39, 0.29) is 42.2 Å². The van der Waals surface area contributed by atoms with Crippen LogP contribution in [0.2, 0.25) is 0 Å². The van der Waals surface area contributed by atoms with Crippen LogP contribution in [0.1, 0.15) is 42.5 Å². The first-order chi connectivity index (χ1) is 17.3. The van der Waals surface area contributed by atoms with E-state index in [9.17, 15) is 39.6 Å². The number of aliphatic hydroxyl groups is 3. The summed E-state index contributed by atoms with van der Waals surface area (Å²) in [6, 6.07) is 0.612. The highest BCUT2D eigenvalue weighted by Gasteiger charge is 2.64. The van der Waals surface area contributed by atoms with Crippen LogP contribution in [-0.2, 0) is 38.6 Å². The van der Waals surface area contributed by atoms with E-state index in [0.717, 1.165) is 5.56 Å². The van der Waals surface area contributed by atoms with Gasteiger partial charge < -0.3 is 31.5 Å². The number of phenolic OH excluding ortho intramolecular Hbond substituents is 1. The molecule has 198 valence electrons. The van der Waals surface area contributed by atoms with Crippen molar-refractivity contribution in [2.45, 2.75) is 51.3 Å². The van der Waals surface area contributed by atoms with Crippen molar-refractivity contribution in [3.05, 3.63) is 45.2 Å². The topological polar surface area (TPSA) is 190 Å². The maximum atomic E-state index is 13.9. The summed E-state index contributed by atoms with van der Waals surface area (Å²) < 4.78 is 0. The van der Waals surface area contributed by atoms with Gasteiger partial charge in [-0.2, -0.15) is 0 Å². The van der Waals surface area contributed by atoms with Gasteiger partial charge in [0.15, 0.2) is 11.4 Å². The number of aliphatic hydroxyl groups excluding tert-OH is 2. The van der Waals surface area contributed by atoms with Crippen molar-refractivity contribution in [3.8, 4) is 5.75 Å². The lowest BCUT2D eigenvalue weighted by Crippen LogP contribution is -2.65. The minimum absolute atomic E-state index is 0.00836. The van der Waals surface area contributed by atoms with Gasteiger partial charge in [0.1, 0.15) is 22.8 Å². The van der Waals surface area contributed by atoms with E-state index < -0.39 is 58.0 Å². The standard InChI is InChI=1S/C26H31N3O8/c1-5-11-6-13(9-28-10(2)30)20(31)17-14(11)7-12-8-15-19(29(3)4)22(33)18(25(27)36)24(35)26(15,37)23(34)16(12)21(17)32/h6,12,15,19,31-32,35,37H,5,7-9H2,1-4H3,(H2,27,36)(H,28,30)/t12-,15-,19-,26-/m1/s1.